The summed E-state index contributed by atoms with van der Waals surface area (Å²) in [7, 11) is 0. The number of amides is 2. The van der Waals surface area contributed by atoms with Crippen molar-refractivity contribution in [3.63, 3.8) is 0 Å². The zero-order valence-corrected chi connectivity index (χ0v) is 11.9. The molecule has 0 aliphatic heterocycles. The summed E-state index contributed by atoms with van der Waals surface area (Å²) in [5.74, 6) is 0.332. The first-order chi connectivity index (χ1) is 7.34. The Morgan fingerprint density at radius 2 is 1.69 bits per heavy atom. The van der Waals surface area contributed by atoms with E-state index in [-0.39, 0.29) is 29.1 Å². The van der Waals surface area contributed by atoms with Gasteiger partial charge in [0.25, 0.3) is 0 Å². The molecule has 0 rings (SSSR count). The van der Waals surface area contributed by atoms with Crippen LogP contribution < -0.4 is 10.6 Å². The van der Waals surface area contributed by atoms with Crippen LogP contribution in [0.15, 0.2) is 0 Å². The highest BCUT2D eigenvalue weighted by Gasteiger charge is 2.18. The van der Waals surface area contributed by atoms with Gasteiger partial charge in [0, 0.05) is 6.54 Å². The Morgan fingerprint density at radius 3 is 2.12 bits per heavy atom. The van der Waals surface area contributed by atoms with Gasteiger partial charge >= 0.3 is 0 Å². The molecule has 0 saturated carbocycles. The third-order valence-electron chi connectivity index (χ3n) is 1.97. The Kier molecular flexibility index (Phi) is 7.38. The molecule has 2 amide bonds. The summed E-state index contributed by atoms with van der Waals surface area (Å²) in [6.07, 6.45) is 0. The van der Waals surface area contributed by atoms with E-state index >= 15 is 0 Å². The molecule has 5 heteroatoms. The number of carbonyl (C=O) groups excluding carboxylic acids is 2. The standard InChI is InChI=1S/C11H21BrN2O2/c1-7(2)5-13-9(15)6-14-11(16)10(12)8(3)4/h7-8,10H,5-6H2,1-4H3,(H,13,15)(H,14,16). The molecule has 94 valence electrons. The maximum atomic E-state index is 11.5. The number of halogens is 1. The highest BCUT2D eigenvalue weighted by Crippen LogP contribution is 2.11. The average molecular weight is 293 g/mol. The zero-order valence-electron chi connectivity index (χ0n) is 10.3. The minimum Gasteiger partial charge on any atom is -0.354 e. The van der Waals surface area contributed by atoms with Crippen LogP contribution in [0.4, 0.5) is 0 Å². The van der Waals surface area contributed by atoms with Gasteiger partial charge in [-0.2, -0.15) is 0 Å². The van der Waals surface area contributed by atoms with Gasteiger partial charge in [0.15, 0.2) is 0 Å². The van der Waals surface area contributed by atoms with Crippen LogP contribution in [-0.4, -0.2) is 29.7 Å². The van der Waals surface area contributed by atoms with E-state index in [0.717, 1.165) is 0 Å². The molecular weight excluding hydrogens is 272 g/mol. The van der Waals surface area contributed by atoms with Crippen LogP contribution in [0.25, 0.3) is 0 Å². The quantitative estimate of drug-likeness (QED) is 0.725. The van der Waals surface area contributed by atoms with E-state index in [1.54, 1.807) is 0 Å². The molecule has 0 radical (unpaired) electrons. The second-order valence-electron chi connectivity index (χ2n) is 4.56. The van der Waals surface area contributed by atoms with E-state index in [0.29, 0.717) is 12.5 Å². The van der Waals surface area contributed by atoms with Gasteiger partial charge in [-0.25, -0.2) is 0 Å². The van der Waals surface area contributed by atoms with Crippen molar-refractivity contribution in [1.82, 2.24) is 10.6 Å². The number of alkyl halides is 1. The van der Waals surface area contributed by atoms with Crippen LogP contribution in [0, 0.1) is 11.8 Å². The van der Waals surface area contributed by atoms with Gasteiger partial charge in [0.05, 0.1) is 11.4 Å². The number of nitrogens with one attached hydrogen (secondary N) is 2. The van der Waals surface area contributed by atoms with Gasteiger partial charge in [-0.15, -0.1) is 0 Å². The number of carbonyl (C=O) groups is 2. The first kappa shape index (κ1) is 15.4. The monoisotopic (exact) mass is 292 g/mol. The molecular formula is C11H21BrN2O2. The lowest BCUT2D eigenvalue weighted by Crippen LogP contribution is -2.41. The van der Waals surface area contributed by atoms with Crippen molar-refractivity contribution < 1.29 is 9.59 Å². The number of hydrogen-bond donors (Lipinski definition) is 2. The molecule has 0 aliphatic rings. The largest absolute Gasteiger partial charge is 0.354 e. The number of hydrogen-bond acceptors (Lipinski definition) is 2. The fraction of sp³-hybridized carbons (Fsp3) is 0.818. The molecule has 4 nitrogen and oxygen atoms in total. The first-order valence-electron chi connectivity index (χ1n) is 5.53. The normalized spacial score (nSPS) is 12.7. The maximum Gasteiger partial charge on any atom is 0.239 e. The predicted molar refractivity (Wildman–Crippen MR) is 68.4 cm³/mol. The Hall–Kier alpha value is -0.580. The Bertz CT molecular complexity index is 242. The second-order valence-corrected chi connectivity index (χ2v) is 5.55. The van der Waals surface area contributed by atoms with Crippen LogP contribution in [0.3, 0.4) is 0 Å². The minimum absolute atomic E-state index is 0.0420. The lowest BCUT2D eigenvalue weighted by atomic mass is 10.1. The van der Waals surface area contributed by atoms with Crippen LogP contribution in [0.2, 0.25) is 0 Å². The summed E-state index contributed by atoms with van der Waals surface area (Å²) in [6, 6.07) is 0. The molecule has 0 aromatic rings. The molecule has 2 N–H and O–H groups in total. The van der Waals surface area contributed by atoms with E-state index in [2.05, 4.69) is 26.6 Å². The fourth-order valence-corrected chi connectivity index (χ4v) is 1.11. The summed E-state index contributed by atoms with van der Waals surface area (Å²) in [4.78, 5) is 22.5. The van der Waals surface area contributed by atoms with Gasteiger partial charge in [0.1, 0.15) is 0 Å². The van der Waals surface area contributed by atoms with Crippen molar-refractivity contribution in [3.05, 3.63) is 0 Å². The molecule has 16 heavy (non-hydrogen) atoms. The Labute approximate surface area is 106 Å². The number of rotatable bonds is 6. The molecule has 0 fully saturated rings. The van der Waals surface area contributed by atoms with Gasteiger partial charge in [-0.1, -0.05) is 43.6 Å². The van der Waals surface area contributed by atoms with E-state index < -0.39 is 0 Å². The molecule has 0 saturated heterocycles. The molecule has 0 heterocycles. The van der Waals surface area contributed by atoms with Crippen molar-refractivity contribution in [2.75, 3.05) is 13.1 Å². The van der Waals surface area contributed by atoms with Crippen LogP contribution in [0.5, 0.6) is 0 Å². The molecule has 0 aromatic carbocycles. The first-order valence-corrected chi connectivity index (χ1v) is 6.44. The van der Waals surface area contributed by atoms with Crippen LogP contribution >= 0.6 is 15.9 Å². The van der Waals surface area contributed by atoms with Crippen LogP contribution in [0.1, 0.15) is 27.7 Å². The highest BCUT2D eigenvalue weighted by molar-refractivity contribution is 9.10. The smallest absolute Gasteiger partial charge is 0.239 e. The summed E-state index contributed by atoms with van der Waals surface area (Å²) < 4.78 is 0. The SMILES string of the molecule is CC(C)CNC(=O)CNC(=O)C(Br)C(C)C. The molecule has 0 spiro atoms. The summed E-state index contributed by atoms with van der Waals surface area (Å²) in [5.41, 5.74) is 0. The van der Waals surface area contributed by atoms with Gasteiger partial charge in [-0.3, -0.25) is 9.59 Å². The molecule has 0 bridgehead atoms. The van der Waals surface area contributed by atoms with Crippen LogP contribution in [-0.2, 0) is 9.59 Å². The summed E-state index contributed by atoms with van der Waals surface area (Å²) in [6.45, 7) is 8.60. The van der Waals surface area contributed by atoms with Crippen molar-refractivity contribution in [2.24, 2.45) is 11.8 Å². The average Bonchev–Trinajstić information content (AvgIpc) is 2.21. The second kappa shape index (κ2) is 7.65. The van der Waals surface area contributed by atoms with E-state index in [1.807, 2.05) is 27.7 Å². The lowest BCUT2D eigenvalue weighted by Gasteiger charge is -2.14. The maximum absolute atomic E-state index is 11.5. The summed E-state index contributed by atoms with van der Waals surface area (Å²) in [5, 5.41) is 5.33. The van der Waals surface area contributed by atoms with Crippen molar-refractivity contribution in [3.8, 4) is 0 Å². The topological polar surface area (TPSA) is 58.2 Å². The lowest BCUT2D eigenvalue weighted by molar-refractivity contribution is -0.126. The van der Waals surface area contributed by atoms with Crippen molar-refractivity contribution in [2.45, 2.75) is 32.5 Å². The van der Waals surface area contributed by atoms with Gasteiger partial charge < -0.3 is 10.6 Å². The molecule has 0 aliphatic carbocycles. The molecule has 1 atom stereocenters. The predicted octanol–water partition coefficient (Wildman–Crippen LogP) is 1.29. The fourth-order valence-electron chi connectivity index (χ4n) is 0.948. The van der Waals surface area contributed by atoms with E-state index in [4.69, 9.17) is 0 Å². The van der Waals surface area contributed by atoms with Crippen molar-refractivity contribution in [1.29, 1.82) is 0 Å². The van der Waals surface area contributed by atoms with E-state index in [1.165, 1.54) is 0 Å². The minimum atomic E-state index is -0.245. The van der Waals surface area contributed by atoms with Gasteiger partial charge in [0.2, 0.25) is 11.8 Å². The van der Waals surface area contributed by atoms with Gasteiger partial charge in [-0.05, 0) is 11.8 Å². The Balaban J connectivity index is 3.79. The highest BCUT2D eigenvalue weighted by atomic mass is 79.9. The molecule has 1 unspecified atom stereocenters. The molecule has 0 aromatic heterocycles. The van der Waals surface area contributed by atoms with E-state index in [9.17, 15) is 9.59 Å². The summed E-state index contributed by atoms with van der Waals surface area (Å²) >= 11 is 3.28. The third-order valence-corrected chi connectivity index (χ3v) is 3.44. The zero-order chi connectivity index (χ0) is 12.7. The third kappa shape index (κ3) is 6.82. The van der Waals surface area contributed by atoms with Crippen molar-refractivity contribution >= 4 is 27.7 Å². The Morgan fingerprint density at radius 1 is 1.12 bits per heavy atom.